The number of fused-ring (bicyclic) bond motifs is 1. The fraction of sp³-hybridized carbons (Fsp3) is 0.333. The van der Waals surface area contributed by atoms with Gasteiger partial charge in [0.05, 0.1) is 4.76 Å². The summed E-state index contributed by atoms with van der Waals surface area (Å²) in [6.07, 6.45) is 10.7. The van der Waals surface area contributed by atoms with Gasteiger partial charge in [-0.25, -0.2) is 0 Å². The Kier molecular flexibility index (Phi) is 1.46. The van der Waals surface area contributed by atoms with Gasteiger partial charge in [0.25, 0.3) is 5.70 Å². The van der Waals surface area contributed by atoms with Crippen LogP contribution in [0.1, 0.15) is 19.3 Å². The molecule has 1 aliphatic carbocycles. The maximum Gasteiger partial charge on any atom is 0.261 e. The zero-order chi connectivity index (χ0) is 7.68. The monoisotopic (exact) mass is 148 g/mol. The van der Waals surface area contributed by atoms with E-state index < -0.39 is 0 Å². The van der Waals surface area contributed by atoms with Gasteiger partial charge in [-0.2, -0.15) is 0 Å². The molecule has 0 aromatic rings. The minimum atomic E-state index is 0.860. The zero-order valence-electron chi connectivity index (χ0n) is 6.29. The van der Waals surface area contributed by atoms with Crippen LogP contribution in [-0.2, 0) is 0 Å². The lowest BCUT2D eigenvalue weighted by molar-refractivity contribution is -0.422. The van der Waals surface area contributed by atoms with Gasteiger partial charge in [-0.1, -0.05) is 0 Å². The Hall–Kier alpha value is -1.18. The largest absolute Gasteiger partial charge is 0.261 e. The number of nitrogens with zero attached hydrogens (tertiary/aromatic N) is 1. The predicted molar refractivity (Wildman–Crippen MR) is 42.8 cm³/mol. The van der Waals surface area contributed by atoms with Crippen LogP contribution in [0.2, 0.25) is 0 Å². The van der Waals surface area contributed by atoms with Crippen molar-refractivity contribution in [3.05, 3.63) is 40.6 Å². The van der Waals surface area contributed by atoms with Crippen molar-refractivity contribution in [3.8, 4) is 0 Å². The maximum absolute atomic E-state index is 11.1. The lowest BCUT2D eigenvalue weighted by atomic mass is 9.97. The van der Waals surface area contributed by atoms with Crippen molar-refractivity contribution in [2.75, 3.05) is 0 Å². The van der Waals surface area contributed by atoms with Gasteiger partial charge >= 0.3 is 0 Å². The molecule has 0 unspecified atom stereocenters. The SMILES string of the molecule is O=[N+]1C=CC=C2CCCC=C21. The molecule has 0 N–H and O–H groups in total. The number of allylic oxidation sites excluding steroid dienone is 4. The summed E-state index contributed by atoms with van der Waals surface area (Å²) in [5.74, 6) is 0. The van der Waals surface area contributed by atoms with E-state index in [0.717, 1.165) is 23.3 Å². The van der Waals surface area contributed by atoms with Gasteiger partial charge in [0.2, 0.25) is 6.20 Å². The Morgan fingerprint density at radius 3 is 3.18 bits per heavy atom. The first-order valence-electron chi connectivity index (χ1n) is 3.92. The molecule has 2 aliphatic rings. The van der Waals surface area contributed by atoms with Gasteiger partial charge in [0.15, 0.2) is 0 Å². The van der Waals surface area contributed by atoms with Crippen LogP contribution in [0.5, 0.6) is 0 Å². The molecule has 1 heterocycles. The van der Waals surface area contributed by atoms with Gasteiger partial charge < -0.3 is 0 Å². The summed E-state index contributed by atoms with van der Waals surface area (Å²) in [7, 11) is 0. The van der Waals surface area contributed by atoms with Crippen LogP contribution in [-0.4, -0.2) is 4.76 Å². The lowest BCUT2D eigenvalue weighted by Crippen LogP contribution is -2.09. The molecule has 0 bridgehead atoms. The van der Waals surface area contributed by atoms with E-state index in [1.165, 1.54) is 12.0 Å². The van der Waals surface area contributed by atoms with Crippen LogP contribution in [0, 0.1) is 4.91 Å². The standard InChI is InChI=1S/C9H10NO/c11-10-7-3-5-8-4-1-2-6-9(8)10/h3,5-7H,1-2,4H2/q+1. The number of nitroso groups, excluding NO2 is 1. The highest BCUT2D eigenvalue weighted by Crippen LogP contribution is 2.26. The van der Waals surface area contributed by atoms with Crippen LogP contribution in [0.3, 0.4) is 0 Å². The van der Waals surface area contributed by atoms with Gasteiger partial charge in [-0.3, -0.25) is 0 Å². The molecule has 0 spiro atoms. The number of hydrogen-bond donors (Lipinski definition) is 0. The molecule has 0 amide bonds. The third kappa shape index (κ3) is 1.04. The molecule has 0 atom stereocenters. The van der Waals surface area contributed by atoms with Crippen molar-refractivity contribution >= 4 is 0 Å². The highest BCUT2D eigenvalue weighted by atomic mass is 16.3. The molecule has 11 heavy (non-hydrogen) atoms. The van der Waals surface area contributed by atoms with E-state index in [2.05, 4.69) is 0 Å². The molecular formula is C9H10NO+. The molecule has 0 saturated heterocycles. The van der Waals surface area contributed by atoms with E-state index in [-0.39, 0.29) is 0 Å². The topological polar surface area (TPSA) is 20.1 Å². The van der Waals surface area contributed by atoms with Crippen LogP contribution in [0.15, 0.2) is 35.7 Å². The minimum Gasteiger partial charge on any atom is -0.0461 e. The van der Waals surface area contributed by atoms with Crippen molar-refractivity contribution in [2.24, 2.45) is 0 Å². The summed E-state index contributed by atoms with van der Waals surface area (Å²) in [6.45, 7) is 0. The second-order valence-electron chi connectivity index (χ2n) is 2.84. The highest BCUT2D eigenvalue weighted by Gasteiger charge is 2.24. The van der Waals surface area contributed by atoms with Gasteiger partial charge in [0, 0.05) is 16.6 Å². The molecule has 0 saturated carbocycles. The summed E-state index contributed by atoms with van der Waals surface area (Å²) in [5, 5.41) is 0. The Labute approximate surface area is 65.5 Å². The second-order valence-corrected chi connectivity index (χ2v) is 2.84. The van der Waals surface area contributed by atoms with Gasteiger partial charge in [-0.05, 0) is 31.4 Å². The van der Waals surface area contributed by atoms with Gasteiger partial charge in [-0.15, -0.1) is 0 Å². The molecule has 0 radical (unpaired) electrons. The van der Waals surface area contributed by atoms with Crippen molar-refractivity contribution in [1.82, 2.24) is 0 Å². The fourth-order valence-electron chi connectivity index (χ4n) is 1.51. The van der Waals surface area contributed by atoms with Crippen LogP contribution < -0.4 is 0 Å². The molecule has 1 aliphatic heterocycles. The van der Waals surface area contributed by atoms with E-state index in [1.54, 1.807) is 6.20 Å². The zero-order valence-corrected chi connectivity index (χ0v) is 6.29. The predicted octanol–water partition coefficient (Wildman–Crippen LogP) is 2.29. The summed E-state index contributed by atoms with van der Waals surface area (Å²) in [4.78, 5) is 11.1. The third-order valence-corrected chi connectivity index (χ3v) is 2.07. The Bertz CT molecular complexity index is 284. The highest BCUT2D eigenvalue weighted by molar-refractivity contribution is 5.32. The number of rotatable bonds is 0. The lowest BCUT2D eigenvalue weighted by Gasteiger charge is -2.09. The molecular weight excluding hydrogens is 138 g/mol. The van der Waals surface area contributed by atoms with Crippen molar-refractivity contribution in [2.45, 2.75) is 19.3 Å². The maximum atomic E-state index is 11.1. The van der Waals surface area contributed by atoms with E-state index >= 15 is 0 Å². The van der Waals surface area contributed by atoms with Crippen LogP contribution in [0.25, 0.3) is 0 Å². The second kappa shape index (κ2) is 2.46. The molecule has 0 fully saturated rings. The fourth-order valence-corrected chi connectivity index (χ4v) is 1.51. The average molecular weight is 148 g/mol. The quantitative estimate of drug-likeness (QED) is 0.482. The Morgan fingerprint density at radius 2 is 2.36 bits per heavy atom. The van der Waals surface area contributed by atoms with Crippen molar-refractivity contribution < 1.29 is 4.76 Å². The summed E-state index contributed by atoms with van der Waals surface area (Å²) in [6, 6.07) is 0. The third-order valence-electron chi connectivity index (χ3n) is 2.07. The Balaban J connectivity index is 2.43. The van der Waals surface area contributed by atoms with Crippen LogP contribution in [0.4, 0.5) is 0 Å². The molecule has 0 aromatic carbocycles. The van der Waals surface area contributed by atoms with E-state index in [9.17, 15) is 4.91 Å². The van der Waals surface area contributed by atoms with Gasteiger partial charge in [0.1, 0.15) is 0 Å². The molecule has 2 heteroatoms. The number of hydrogen-bond acceptors (Lipinski definition) is 1. The van der Waals surface area contributed by atoms with Crippen molar-refractivity contribution in [3.63, 3.8) is 0 Å². The first-order valence-corrected chi connectivity index (χ1v) is 3.92. The molecule has 0 aromatic heterocycles. The molecule has 2 rings (SSSR count). The summed E-state index contributed by atoms with van der Waals surface area (Å²) < 4.78 is 0.953. The normalized spacial score (nSPS) is 22.4. The van der Waals surface area contributed by atoms with E-state index in [4.69, 9.17) is 0 Å². The van der Waals surface area contributed by atoms with E-state index in [0.29, 0.717) is 0 Å². The summed E-state index contributed by atoms with van der Waals surface area (Å²) in [5.41, 5.74) is 2.05. The van der Waals surface area contributed by atoms with Crippen LogP contribution >= 0.6 is 0 Å². The Morgan fingerprint density at radius 1 is 1.45 bits per heavy atom. The molecule has 56 valence electrons. The minimum absolute atomic E-state index is 0.860. The summed E-state index contributed by atoms with van der Waals surface area (Å²) >= 11 is 0. The van der Waals surface area contributed by atoms with E-state index in [1.807, 2.05) is 18.2 Å². The van der Waals surface area contributed by atoms with Crippen molar-refractivity contribution in [1.29, 1.82) is 0 Å². The smallest absolute Gasteiger partial charge is 0.0461 e. The first kappa shape index (κ1) is 6.53. The molecule has 2 nitrogen and oxygen atoms in total. The first-order chi connectivity index (χ1) is 5.38. The average Bonchev–Trinajstić information content (AvgIpc) is 2.06.